The molecular formula is C20H13F5. The van der Waals surface area contributed by atoms with Gasteiger partial charge in [-0.3, -0.25) is 0 Å². The van der Waals surface area contributed by atoms with Gasteiger partial charge in [0.05, 0.1) is 5.56 Å². The van der Waals surface area contributed by atoms with E-state index >= 15 is 0 Å². The minimum atomic E-state index is -1.58. The number of hydrogen-bond donors (Lipinski definition) is 0. The molecule has 0 bridgehead atoms. The van der Waals surface area contributed by atoms with Gasteiger partial charge in [-0.25, -0.2) is 22.0 Å². The van der Waals surface area contributed by atoms with E-state index in [0.29, 0.717) is 18.4 Å². The van der Waals surface area contributed by atoms with E-state index in [1.807, 2.05) is 0 Å². The molecule has 0 atom stereocenters. The van der Waals surface area contributed by atoms with E-state index in [4.69, 9.17) is 0 Å². The predicted molar refractivity (Wildman–Crippen MR) is 87.7 cm³/mol. The zero-order chi connectivity index (χ0) is 18.1. The summed E-state index contributed by atoms with van der Waals surface area (Å²) in [6, 6.07) is 6.91. The summed E-state index contributed by atoms with van der Waals surface area (Å²) in [4.78, 5) is 0. The predicted octanol–water partition coefficient (Wildman–Crippen LogP) is 6.32. The normalized spacial score (nSPS) is 11.1. The van der Waals surface area contributed by atoms with Crippen molar-refractivity contribution >= 4 is 10.8 Å². The second-order valence-electron chi connectivity index (χ2n) is 5.68. The summed E-state index contributed by atoms with van der Waals surface area (Å²) in [5, 5.41) is -0.144. The highest BCUT2D eigenvalue weighted by Gasteiger charge is 2.17. The number of fused-ring (bicyclic) bond motifs is 1. The number of rotatable bonds is 4. The second kappa shape index (κ2) is 6.67. The van der Waals surface area contributed by atoms with Crippen molar-refractivity contribution in [2.45, 2.75) is 12.8 Å². The maximum atomic E-state index is 14.4. The van der Waals surface area contributed by atoms with E-state index in [1.165, 1.54) is 30.3 Å². The molecule has 0 N–H and O–H groups in total. The SMILES string of the molecule is C=CCCc1cc(F)c(-c2ccc3c(F)c(F)c(F)cc3c2)c(F)c1. The van der Waals surface area contributed by atoms with Crippen molar-refractivity contribution in [2.75, 3.05) is 0 Å². The first-order valence-corrected chi connectivity index (χ1v) is 7.59. The fourth-order valence-corrected chi connectivity index (χ4v) is 2.77. The van der Waals surface area contributed by atoms with Crippen LogP contribution in [0.5, 0.6) is 0 Å². The average Bonchev–Trinajstić information content (AvgIpc) is 2.57. The quantitative estimate of drug-likeness (QED) is 0.294. The summed E-state index contributed by atoms with van der Waals surface area (Å²) in [5.41, 5.74) is 0.302. The van der Waals surface area contributed by atoms with E-state index in [0.717, 1.165) is 6.07 Å². The van der Waals surface area contributed by atoms with E-state index in [9.17, 15) is 22.0 Å². The van der Waals surface area contributed by atoms with Gasteiger partial charge in [0, 0.05) is 5.39 Å². The van der Waals surface area contributed by atoms with Gasteiger partial charge in [-0.1, -0.05) is 18.2 Å². The molecule has 0 unspecified atom stereocenters. The lowest BCUT2D eigenvalue weighted by Gasteiger charge is -2.10. The lowest BCUT2D eigenvalue weighted by molar-refractivity contribution is 0.453. The number of hydrogen-bond acceptors (Lipinski definition) is 0. The van der Waals surface area contributed by atoms with Gasteiger partial charge in [0.1, 0.15) is 11.6 Å². The number of aryl methyl sites for hydroxylation is 1. The molecule has 3 rings (SSSR count). The lowest BCUT2D eigenvalue weighted by Crippen LogP contribution is -1.96. The van der Waals surface area contributed by atoms with Crippen molar-refractivity contribution in [1.29, 1.82) is 0 Å². The fourth-order valence-electron chi connectivity index (χ4n) is 2.77. The van der Waals surface area contributed by atoms with E-state index in [1.54, 1.807) is 6.08 Å². The Labute approximate surface area is 141 Å². The summed E-state index contributed by atoms with van der Waals surface area (Å²) < 4.78 is 69.2. The van der Waals surface area contributed by atoms with Crippen LogP contribution in [0.25, 0.3) is 21.9 Å². The summed E-state index contributed by atoms with van der Waals surface area (Å²) in [5.74, 6) is -5.82. The van der Waals surface area contributed by atoms with Crippen LogP contribution >= 0.6 is 0 Å². The van der Waals surface area contributed by atoms with E-state index < -0.39 is 29.1 Å². The molecule has 0 fully saturated rings. The number of halogens is 5. The molecule has 0 heterocycles. The van der Waals surface area contributed by atoms with E-state index in [2.05, 4.69) is 6.58 Å². The molecule has 25 heavy (non-hydrogen) atoms. The molecule has 0 saturated carbocycles. The Bertz CT molecular complexity index is 952. The van der Waals surface area contributed by atoms with Gasteiger partial charge >= 0.3 is 0 Å². The number of benzene rings is 3. The minimum Gasteiger partial charge on any atom is -0.206 e. The van der Waals surface area contributed by atoms with Crippen LogP contribution in [-0.2, 0) is 6.42 Å². The molecule has 0 aliphatic rings. The highest BCUT2D eigenvalue weighted by Crippen LogP contribution is 2.32. The van der Waals surface area contributed by atoms with Crippen molar-refractivity contribution in [3.05, 3.63) is 83.7 Å². The summed E-state index contributed by atoms with van der Waals surface area (Å²) in [6.07, 6.45) is 2.68. The third kappa shape index (κ3) is 3.14. The van der Waals surface area contributed by atoms with Crippen molar-refractivity contribution in [3.63, 3.8) is 0 Å². The van der Waals surface area contributed by atoms with Crippen LogP contribution in [0, 0.1) is 29.1 Å². The Morgan fingerprint density at radius 1 is 0.800 bits per heavy atom. The van der Waals surface area contributed by atoms with E-state index in [-0.39, 0.29) is 21.9 Å². The van der Waals surface area contributed by atoms with Gasteiger partial charge in [-0.2, -0.15) is 0 Å². The third-order valence-corrected chi connectivity index (χ3v) is 4.00. The first-order chi connectivity index (χ1) is 11.9. The molecule has 0 nitrogen and oxygen atoms in total. The van der Waals surface area contributed by atoms with Crippen LogP contribution in [-0.4, -0.2) is 0 Å². The molecule has 0 aromatic heterocycles. The van der Waals surface area contributed by atoms with Gasteiger partial charge in [-0.15, -0.1) is 6.58 Å². The average molecular weight is 348 g/mol. The largest absolute Gasteiger partial charge is 0.206 e. The molecule has 0 aliphatic heterocycles. The summed E-state index contributed by atoms with van der Waals surface area (Å²) >= 11 is 0. The zero-order valence-corrected chi connectivity index (χ0v) is 13.1. The lowest BCUT2D eigenvalue weighted by atomic mass is 9.97. The standard InChI is InChI=1S/C20H13F5/c1-2-3-4-11-7-15(21)18(16(22)8-11)12-5-6-14-13(9-12)10-17(23)20(25)19(14)24/h2,5-10H,1,3-4H2. The van der Waals surface area contributed by atoms with Gasteiger partial charge in [-0.05, 0) is 53.6 Å². The fraction of sp³-hybridized carbons (Fsp3) is 0.100. The zero-order valence-electron chi connectivity index (χ0n) is 13.1. The monoisotopic (exact) mass is 348 g/mol. The molecule has 3 aromatic rings. The van der Waals surface area contributed by atoms with Crippen molar-refractivity contribution in [1.82, 2.24) is 0 Å². The van der Waals surface area contributed by atoms with Crippen LogP contribution in [0.15, 0.2) is 49.1 Å². The van der Waals surface area contributed by atoms with Crippen molar-refractivity contribution in [2.24, 2.45) is 0 Å². The van der Waals surface area contributed by atoms with Crippen molar-refractivity contribution in [3.8, 4) is 11.1 Å². The molecule has 0 radical (unpaired) electrons. The smallest absolute Gasteiger partial charge is 0.195 e. The Balaban J connectivity index is 2.13. The minimum absolute atomic E-state index is 0.0171. The molecule has 0 spiro atoms. The van der Waals surface area contributed by atoms with Crippen molar-refractivity contribution < 1.29 is 22.0 Å². The molecule has 128 valence electrons. The first kappa shape index (κ1) is 17.1. The third-order valence-electron chi connectivity index (χ3n) is 4.00. The van der Waals surface area contributed by atoms with Crippen LogP contribution in [0.1, 0.15) is 12.0 Å². The Morgan fingerprint density at radius 2 is 1.48 bits per heavy atom. The van der Waals surface area contributed by atoms with Gasteiger partial charge in [0.25, 0.3) is 0 Å². The number of allylic oxidation sites excluding steroid dienone is 1. The van der Waals surface area contributed by atoms with Crippen LogP contribution < -0.4 is 0 Å². The Hall–Kier alpha value is -2.69. The maximum absolute atomic E-state index is 14.4. The van der Waals surface area contributed by atoms with Crippen LogP contribution in [0.4, 0.5) is 22.0 Å². The molecule has 5 heteroatoms. The molecule has 0 aliphatic carbocycles. The molecule has 0 saturated heterocycles. The van der Waals surface area contributed by atoms with Gasteiger partial charge in [0.15, 0.2) is 17.5 Å². The highest BCUT2D eigenvalue weighted by atomic mass is 19.2. The van der Waals surface area contributed by atoms with Gasteiger partial charge < -0.3 is 0 Å². The molecular weight excluding hydrogens is 335 g/mol. The second-order valence-corrected chi connectivity index (χ2v) is 5.68. The Morgan fingerprint density at radius 3 is 2.12 bits per heavy atom. The topological polar surface area (TPSA) is 0 Å². The van der Waals surface area contributed by atoms with Gasteiger partial charge in [0.2, 0.25) is 0 Å². The summed E-state index contributed by atoms with van der Waals surface area (Å²) in [6.45, 7) is 3.56. The molecule has 0 amide bonds. The first-order valence-electron chi connectivity index (χ1n) is 7.59. The van der Waals surface area contributed by atoms with Crippen LogP contribution in [0.2, 0.25) is 0 Å². The van der Waals surface area contributed by atoms with Crippen LogP contribution in [0.3, 0.4) is 0 Å². The molecule has 3 aromatic carbocycles. The maximum Gasteiger partial charge on any atom is 0.195 e. The Kier molecular flexibility index (Phi) is 4.57. The summed E-state index contributed by atoms with van der Waals surface area (Å²) in [7, 11) is 0. The highest BCUT2D eigenvalue weighted by molar-refractivity contribution is 5.88.